The number of alkyl halides is 1. The lowest BCUT2D eigenvalue weighted by Crippen LogP contribution is -2.52. The van der Waals surface area contributed by atoms with Gasteiger partial charge in [0, 0.05) is 18.4 Å². The molecule has 1 aromatic carbocycles. The van der Waals surface area contributed by atoms with Crippen LogP contribution < -0.4 is 4.74 Å². The van der Waals surface area contributed by atoms with Crippen molar-refractivity contribution in [3.8, 4) is 5.75 Å². The lowest BCUT2D eigenvalue weighted by molar-refractivity contribution is -0.0865. The van der Waals surface area contributed by atoms with E-state index in [4.69, 9.17) is 14.2 Å². The van der Waals surface area contributed by atoms with Gasteiger partial charge in [0.1, 0.15) is 18.0 Å². The van der Waals surface area contributed by atoms with Crippen LogP contribution in [0.2, 0.25) is 0 Å². The van der Waals surface area contributed by atoms with Gasteiger partial charge < -0.3 is 14.2 Å². The summed E-state index contributed by atoms with van der Waals surface area (Å²) >= 11 is 3.63. The van der Waals surface area contributed by atoms with E-state index >= 15 is 0 Å². The Labute approximate surface area is 136 Å². The normalized spacial score (nSPS) is 24.6. The molecule has 3 nitrogen and oxygen atoms in total. The van der Waals surface area contributed by atoms with Crippen LogP contribution in [0.25, 0.3) is 0 Å². The minimum absolute atomic E-state index is 0.111. The quantitative estimate of drug-likeness (QED) is 0.494. The first-order valence-electron chi connectivity index (χ1n) is 7.74. The minimum Gasteiger partial charge on any atom is -0.488 e. The van der Waals surface area contributed by atoms with Gasteiger partial charge >= 0.3 is 0 Å². The maximum absolute atomic E-state index is 6.03. The second kappa shape index (κ2) is 8.76. The highest BCUT2D eigenvalue weighted by Crippen LogP contribution is 2.34. The molecule has 1 aliphatic carbocycles. The summed E-state index contributed by atoms with van der Waals surface area (Å²) < 4.78 is 16.8. The molecule has 0 aliphatic heterocycles. The number of benzene rings is 1. The van der Waals surface area contributed by atoms with Crippen LogP contribution in [0.15, 0.2) is 24.3 Å². The van der Waals surface area contributed by atoms with Crippen LogP contribution in [0, 0.1) is 0 Å². The molecule has 1 aliphatic rings. The number of halogens is 1. The lowest BCUT2D eigenvalue weighted by Gasteiger charge is -2.40. The molecule has 0 N–H and O–H groups in total. The summed E-state index contributed by atoms with van der Waals surface area (Å²) in [5, 5.41) is 0. The van der Waals surface area contributed by atoms with Gasteiger partial charge in [0.2, 0.25) is 0 Å². The number of hydrogen-bond acceptors (Lipinski definition) is 3. The second-order valence-electron chi connectivity index (χ2n) is 5.48. The Kier molecular flexibility index (Phi) is 7.00. The van der Waals surface area contributed by atoms with Gasteiger partial charge in [-0.15, -0.1) is 0 Å². The zero-order valence-corrected chi connectivity index (χ0v) is 14.5. The molecule has 0 saturated heterocycles. The van der Waals surface area contributed by atoms with Crippen molar-refractivity contribution in [3.05, 3.63) is 29.8 Å². The molecule has 1 saturated carbocycles. The zero-order chi connectivity index (χ0) is 15.1. The van der Waals surface area contributed by atoms with Gasteiger partial charge in [-0.3, -0.25) is 0 Å². The molecular weight excluding hydrogens is 332 g/mol. The van der Waals surface area contributed by atoms with Crippen LogP contribution in [0.5, 0.6) is 5.75 Å². The average Bonchev–Trinajstić information content (AvgIpc) is 2.50. The number of methoxy groups -OCH3 is 1. The summed E-state index contributed by atoms with van der Waals surface area (Å²) in [5.41, 5.74) is 1.38. The first-order chi connectivity index (χ1) is 10.2. The van der Waals surface area contributed by atoms with Gasteiger partial charge in [0.15, 0.2) is 0 Å². The van der Waals surface area contributed by atoms with Crippen molar-refractivity contribution in [1.29, 1.82) is 0 Å². The zero-order valence-electron chi connectivity index (χ0n) is 12.9. The highest BCUT2D eigenvalue weighted by molar-refractivity contribution is 9.09. The number of ether oxygens (including phenoxy) is 3. The molecule has 0 spiro atoms. The van der Waals surface area contributed by atoms with E-state index in [1.807, 2.05) is 0 Å². The van der Waals surface area contributed by atoms with Crippen LogP contribution in [0.1, 0.15) is 31.7 Å². The predicted molar refractivity (Wildman–Crippen MR) is 88.4 cm³/mol. The summed E-state index contributed by atoms with van der Waals surface area (Å²) in [6.07, 6.45) is 4.84. The number of aryl methyl sites for hydroxylation is 1. The van der Waals surface area contributed by atoms with Crippen molar-refractivity contribution in [2.24, 2.45) is 0 Å². The maximum atomic E-state index is 6.03. The Hall–Kier alpha value is -0.580. The summed E-state index contributed by atoms with van der Waals surface area (Å²) in [5.74, 6) is 0.931. The third kappa shape index (κ3) is 4.97. The largest absolute Gasteiger partial charge is 0.488 e. The standard InChI is InChI=1S/C17H25BrO3/c1-3-4-5-13-6-8-14(9-7-13)21-16-12-15(18)17(16)20-11-10-19-2/h6-9,15-17H,3-5,10-12H2,1-2H3. The van der Waals surface area contributed by atoms with Gasteiger partial charge in [-0.2, -0.15) is 0 Å². The average molecular weight is 357 g/mol. The Morgan fingerprint density at radius 2 is 1.95 bits per heavy atom. The van der Waals surface area contributed by atoms with Gasteiger partial charge in [-0.05, 0) is 30.5 Å². The molecule has 0 heterocycles. The first-order valence-corrected chi connectivity index (χ1v) is 8.66. The van der Waals surface area contributed by atoms with Gasteiger partial charge in [0.25, 0.3) is 0 Å². The fraction of sp³-hybridized carbons (Fsp3) is 0.647. The van der Waals surface area contributed by atoms with Crippen molar-refractivity contribution < 1.29 is 14.2 Å². The van der Waals surface area contributed by atoms with E-state index in [0.717, 1.165) is 18.6 Å². The summed E-state index contributed by atoms with van der Waals surface area (Å²) in [6, 6.07) is 8.46. The highest BCUT2D eigenvalue weighted by atomic mass is 79.9. The Balaban J connectivity index is 1.80. The van der Waals surface area contributed by atoms with Crippen LogP contribution >= 0.6 is 15.9 Å². The van der Waals surface area contributed by atoms with Gasteiger partial charge in [-0.25, -0.2) is 0 Å². The van der Waals surface area contributed by atoms with Crippen molar-refractivity contribution in [3.63, 3.8) is 0 Å². The smallest absolute Gasteiger partial charge is 0.127 e. The molecule has 1 fully saturated rings. The van der Waals surface area contributed by atoms with Crippen LogP contribution in [0.4, 0.5) is 0 Å². The third-order valence-electron chi connectivity index (χ3n) is 3.81. The third-order valence-corrected chi connectivity index (χ3v) is 4.70. The SMILES string of the molecule is CCCCc1ccc(OC2CC(Br)C2OCCOC)cc1. The van der Waals surface area contributed by atoms with E-state index in [2.05, 4.69) is 47.1 Å². The molecule has 0 bridgehead atoms. The van der Waals surface area contributed by atoms with Crippen molar-refractivity contribution in [2.45, 2.75) is 49.6 Å². The second-order valence-corrected chi connectivity index (χ2v) is 6.66. The minimum atomic E-state index is 0.111. The van der Waals surface area contributed by atoms with Crippen LogP contribution in [0.3, 0.4) is 0 Å². The van der Waals surface area contributed by atoms with E-state index in [1.165, 1.54) is 18.4 Å². The molecule has 2 rings (SSSR count). The summed E-state index contributed by atoms with van der Waals surface area (Å²) in [4.78, 5) is 0.378. The van der Waals surface area contributed by atoms with Crippen molar-refractivity contribution in [2.75, 3.05) is 20.3 Å². The van der Waals surface area contributed by atoms with Crippen molar-refractivity contribution >= 4 is 15.9 Å². The number of unbranched alkanes of at least 4 members (excludes halogenated alkanes) is 1. The van der Waals surface area contributed by atoms with Gasteiger partial charge in [-0.1, -0.05) is 41.4 Å². The van der Waals surface area contributed by atoms with E-state index in [9.17, 15) is 0 Å². The molecule has 4 heteroatoms. The topological polar surface area (TPSA) is 27.7 Å². The fourth-order valence-corrected chi connectivity index (χ4v) is 3.27. The lowest BCUT2D eigenvalue weighted by atomic mass is 9.91. The Morgan fingerprint density at radius 1 is 1.19 bits per heavy atom. The van der Waals surface area contributed by atoms with E-state index in [1.54, 1.807) is 7.11 Å². The summed E-state index contributed by atoms with van der Waals surface area (Å²) in [6.45, 7) is 3.45. The van der Waals surface area contributed by atoms with Crippen LogP contribution in [-0.2, 0) is 15.9 Å². The van der Waals surface area contributed by atoms with Crippen molar-refractivity contribution in [1.82, 2.24) is 0 Å². The van der Waals surface area contributed by atoms with E-state index in [0.29, 0.717) is 18.0 Å². The van der Waals surface area contributed by atoms with Gasteiger partial charge in [0.05, 0.1) is 13.2 Å². The summed E-state index contributed by atoms with van der Waals surface area (Å²) in [7, 11) is 1.68. The molecule has 21 heavy (non-hydrogen) atoms. The molecule has 0 radical (unpaired) electrons. The molecule has 3 unspecified atom stereocenters. The van der Waals surface area contributed by atoms with Crippen LogP contribution in [-0.4, -0.2) is 37.4 Å². The maximum Gasteiger partial charge on any atom is 0.127 e. The van der Waals surface area contributed by atoms with E-state index < -0.39 is 0 Å². The predicted octanol–water partition coefficient (Wildman–Crippen LogP) is 3.98. The van der Waals surface area contributed by atoms with E-state index in [-0.39, 0.29) is 12.2 Å². The molecular formula is C17H25BrO3. The molecule has 0 amide bonds. The molecule has 1 aromatic rings. The first kappa shape index (κ1) is 16.8. The Morgan fingerprint density at radius 3 is 2.57 bits per heavy atom. The molecule has 118 valence electrons. The highest BCUT2D eigenvalue weighted by Gasteiger charge is 2.42. The molecule has 3 atom stereocenters. The fourth-order valence-electron chi connectivity index (χ4n) is 2.41. The number of rotatable bonds is 9. The monoisotopic (exact) mass is 356 g/mol. The number of hydrogen-bond donors (Lipinski definition) is 0. The Bertz CT molecular complexity index is 407. The molecule has 0 aromatic heterocycles.